The number of aromatic nitrogens is 4. The molecule has 1 atom stereocenters. The van der Waals surface area contributed by atoms with Crippen LogP contribution in [0.4, 0.5) is 11.6 Å². The first-order valence-corrected chi connectivity index (χ1v) is 11.3. The molecule has 160 valence electrons. The van der Waals surface area contributed by atoms with Crippen LogP contribution in [0.5, 0.6) is 0 Å². The minimum Gasteiger partial charge on any atom is -0.328 e. The van der Waals surface area contributed by atoms with E-state index in [0.717, 1.165) is 40.2 Å². The molecule has 3 heterocycles. The number of rotatable bonds is 6. The second-order valence-corrected chi connectivity index (χ2v) is 8.62. The van der Waals surface area contributed by atoms with Crippen LogP contribution in [0.2, 0.25) is 0 Å². The van der Waals surface area contributed by atoms with E-state index in [1.165, 1.54) is 0 Å². The standard InChI is InChI=1S/C23H26N6OS/c1-5-13-31-23-27-22-25-16(4)19(20(29(22)28-23)17-9-11-24-12-10-17)21(30)26-18-8-6-7-14(2)15(18)3/h6-12,20H,5,13H2,1-4H3,(H,26,30)(H,25,27,28). The number of anilines is 2. The topological polar surface area (TPSA) is 84.7 Å². The molecule has 1 aliphatic rings. The number of nitrogens with one attached hydrogen (secondary N) is 2. The van der Waals surface area contributed by atoms with Gasteiger partial charge in [0.25, 0.3) is 5.91 Å². The number of carbonyl (C=O) groups excluding carboxylic acids is 1. The zero-order chi connectivity index (χ0) is 22.0. The second kappa shape index (κ2) is 8.93. The summed E-state index contributed by atoms with van der Waals surface area (Å²) in [4.78, 5) is 22.3. The molecule has 8 heteroatoms. The summed E-state index contributed by atoms with van der Waals surface area (Å²) in [6.07, 6.45) is 4.50. The number of carbonyl (C=O) groups is 1. The van der Waals surface area contributed by atoms with Crippen LogP contribution in [0.3, 0.4) is 0 Å². The number of benzene rings is 1. The van der Waals surface area contributed by atoms with E-state index in [4.69, 9.17) is 5.10 Å². The summed E-state index contributed by atoms with van der Waals surface area (Å²) in [6.45, 7) is 8.08. The van der Waals surface area contributed by atoms with Gasteiger partial charge in [-0.2, -0.15) is 4.98 Å². The number of hydrogen-bond donors (Lipinski definition) is 2. The van der Waals surface area contributed by atoms with E-state index in [1.807, 2.05) is 51.1 Å². The van der Waals surface area contributed by atoms with Gasteiger partial charge >= 0.3 is 0 Å². The summed E-state index contributed by atoms with van der Waals surface area (Å²) < 4.78 is 1.80. The molecule has 4 rings (SSSR count). The van der Waals surface area contributed by atoms with Crippen molar-refractivity contribution < 1.29 is 4.79 Å². The average Bonchev–Trinajstić information content (AvgIpc) is 3.17. The van der Waals surface area contributed by atoms with Gasteiger partial charge < -0.3 is 10.6 Å². The van der Waals surface area contributed by atoms with Crippen LogP contribution in [0.15, 0.2) is 59.2 Å². The van der Waals surface area contributed by atoms with Crippen LogP contribution < -0.4 is 10.6 Å². The lowest BCUT2D eigenvalue weighted by Gasteiger charge is -2.28. The van der Waals surface area contributed by atoms with E-state index in [0.29, 0.717) is 16.7 Å². The molecular weight excluding hydrogens is 408 g/mol. The van der Waals surface area contributed by atoms with Crippen molar-refractivity contribution in [2.24, 2.45) is 0 Å². The molecule has 2 N–H and O–H groups in total. The maximum Gasteiger partial charge on any atom is 0.255 e. The Morgan fingerprint density at radius 1 is 1.19 bits per heavy atom. The fourth-order valence-corrected chi connectivity index (χ4v) is 4.29. The molecule has 0 aliphatic carbocycles. The van der Waals surface area contributed by atoms with Crippen molar-refractivity contribution in [2.45, 2.75) is 45.3 Å². The lowest BCUT2D eigenvalue weighted by molar-refractivity contribution is -0.113. The highest BCUT2D eigenvalue weighted by Crippen LogP contribution is 2.36. The molecule has 0 bridgehead atoms. The third-order valence-corrected chi connectivity index (χ3v) is 6.43. The Kier molecular flexibility index (Phi) is 6.08. The zero-order valence-electron chi connectivity index (χ0n) is 18.1. The van der Waals surface area contributed by atoms with Crippen molar-refractivity contribution in [2.75, 3.05) is 16.4 Å². The van der Waals surface area contributed by atoms with E-state index in [2.05, 4.69) is 27.5 Å². The number of thioether (sulfide) groups is 1. The van der Waals surface area contributed by atoms with Crippen molar-refractivity contribution in [3.8, 4) is 0 Å². The summed E-state index contributed by atoms with van der Waals surface area (Å²) in [7, 11) is 0. The first-order valence-electron chi connectivity index (χ1n) is 10.3. The predicted molar refractivity (Wildman–Crippen MR) is 124 cm³/mol. The van der Waals surface area contributed by atoms with E-state index >= 15 is 0 Å². The Morgan fingerprint density at radius 2 is 1.97 bits per heavy atom. The van der Waals surface area contributed by atoms with Gasteiger partial charge in [-0.1, -0.05) is 30.8 Å². The van der Waals surface area contributed by atoms with Crippen LogP contribution in [0, 0.1) is 13.8 Å². The third kappa shape index (κ3) is 4.20. The van der Waals surface area contributed by atoms with Gasteiger partial charge in [0.05, 0.1) is 5.57 Å². The van der Waals surface area contributed by atoms with Gasteiger partial charge in [-0.05, 0) is 62.1 Å². The molecule has 1 unspecified atom stereocenters. The van der Waals surface area contributed by atoms with Crippen LogP contribution in [-0.4, -0.2) is 31.4 Å². The minimum absolute atomic E-state index is 0.163. The minimum atomic E-state index is -0.396. The lowest BCUT2D eigenvalue weighted by Crippen LogP contribution is -2.31. The molecule has 1 aliphatic heterocycles. The normalized spacial score (nSPS) is 15.4. The fraction of sp³-hybridized carbons (Fsp3) is 0.304. The molecule has 0 fully saturated rings. The quantitative estimate of drug-likeness (QED) is 0.546. The lowest BCUT2D eigenvalue weighted by atomic mass is 9.95. The van der Waals surface area contributed by atoms with Crippen molar-refractivity contribution in [1.29, 1.82) is 0 Å². The van der Waals surface area contributed by atoms with Gasteiger partial charge in [0.2, 0.25) is 11.1 Å². The Labute approximate surface area is 186 Å². The number of hydrogen-bond acceptors (Lipinski definition) is 6. The predicted octanol–water partition coefficient (Wildman–Crippen LogP) is 4.72. The van der Waals surface area contributed by atoms with Crippen molar-refractivity contribution in [3.05, 3.63) is 70.7 Å². The molecular formula is C23H26N6OS. The molecule has 1 aromatic carbocycles. The Morgan fingerprint density at radius 3 is 2.71 bits per heavy atom. The number of aryl methyl sites for hydroxylation is 1. The van der Waals surface area contributed by atoms with Gasteiger partial charge in [0.15, 0.2) is 0 Å². The van der Waals surface area contributed by atoms with Gasteiger partial charge in [-0.3, -0.25) is 9.78 Å². The highest BCUT2D eigenvalue weighted by atomic mass is 32.2. The molecule has 0 spiro atoms. The number of nitrogens with zero attached hydrogens (tertiary/aromatic N) is 4. The zero-order valence-corrected chi connectivity index (χ0v) is 19.0. The first kappa shape index (κ1) is 21.1. The summed E-state index contributed by atoms with van der Waals surface area (Å²) in [5, 5.41) is 11.8. The monoisotopic (exact) mass is 434 g/mol. The van der Waals surface area contributed by atoms with E-state index < -0.39 is 6.04 Å². The van der Waals surface area contributed by atoms with E-state index in [9.17, 15) is 4.79 Å². The van der Waals surface area contributed by atoms with Crippen molar-refractivity contribution in [3.63, 3.8) is 0 Å². The maximum absolute atomic E-state index is 13.5. The summed E-state index contributed by atoms with van der Waals surface area (Å²) in [6, 6.07) is 9.35. The van der Waals surface area contributed by atoms with Gasteiger partial charge in [-0.15, -0.1) is 5.10 Å². The number of fused-ring (bicyclic) bond motifs is 1. The Bertz CT molecular complexity index is 1140. The molecule has 0 radical (unpaired) electrons. The Balaban J connectivity index is 1.75. The molecule has 2 aromatic heterocycles. The SMILES string of the molecule is CCCSc1nc2n(n1)C(c1ccncc1)C(C(=O)Nc1cccc(C)c1C)=C(C)N2. The second-order valence-electron chi connectivity index (χ2n) is 7.56. The Hall–Kier alpha value is -3.13. The molecule has 31 heavy (non-hydrogen) atoms. The van der Waals surface area contributed by atoms with E-state index in [-0.39, 0.29) is 5.91 Å². The number of pyridine rings is 1. The average molecular weight is 435 g/mol. The molecule has 7 nitrogen and oxygen atoms in total. The van der Waals surface area contributed by atoms with Gasteiger partial charge in [0, 0.05) is 29.5 Å². The molecule has 3 aromatic rings. The summed E-state index contributed by atoms with van der Waals surface area (Å²) >= 11 is 1.61. The molecule has 0 saturated heterocycles. The van der Waals surface area contributed by atoms with Crippen LogP contribution in [0.25, 0.3) is 0 Å². The number of amides is 1. The van der Waals surface area contributed by atoms with Crippen molar-refractivity contribution in [1.82, 2.24) is 19.7 Å². The van der Waals surface area contributed by atoms with Gasteiger partial charge in [0.1, 0.15) is 6.04 Å². The van der Waals surface area contributed by atoms with Crippen LogP contribution >= 0.6 is 11.8 Å². The van der Waals surface area contributed by atoms with Gasteiger partial charge in [-0.25, -0.2) is 4.68 Å². The van der Waals surface area contributed by atoms with Crippen LogP contribution in [0.1, 0.15) is 43.0 Å². The summed E-state index contributed by atoms with van der Waals surface area (Å²) in [5.41, 5.74) is 5.29. The highest BCUT2D eigenvalue weighted by molar-refractivity contribution is 7.99. The number of allylic oxidation sites excluding steroid dienone is 1. The van der Waals surface area contributed by atoms with Crippen LogP contribution in [-0.2, 0) is 4.79 Å². The van der Waals surface area contributed by atoms with E-state index in [1.54, 1.807) is 28.8 Å². The fourth-order valence-electron chi connectivity index (χ4n) is 3.61. The largest absolute Gasteiger partial charge is 0.328 e. The smallest absolute Gasteiger partial charge is 0.255 e. The summed E-state index contributed by atoms with van der Waals surface area (Å²) in [5.74, 6) is 1.42. The highest BCUT2D eigenvalue weighted by Gasteiger charge is 2.34. The van der Waals surface area contributed by atoms with Crippen molar-refractivity contribution >= 4 is 29.3 Å². The molecule has 0 saturated carbocycles. The maximum atomic E-state index is 13.5. The first-order chi connectivity index (χ1) is 15.0. The third-order valence-electron chi connectivity index (χ3n) is 5.39. The molecule has 1 amide bonds.